The van der Waals surface area contributed by atoms with Crippen LogP contribution in [0.1, 0.15) is 101 Å². The fourth-order valence-corrected chi connectivity index (χ4v) is 5.01. The first kappa shape index (κ1) is 25.0. The van der Waals surface area contributed by atoms with Gasteiger partial charge in [-0.2, -0.15) is 0 Å². The van der Waals surface area contributed by atoms with Gasteiger partial charge in [0.25, 0.3) is 5.91 Å². The molecule has 0 atom stereocenters. The molecule has 1 N–H and O–H groups in total. The summed E-state index contributed by atoms with van der Waals surface area (Å²) >= 11 is 0. The molecule has 0 spiro atoms. The second kappa shape index (κ2) is 9.49. The number of hydrogen-bond donors (Lipinski definition) is 1. The van der Waals surface area contributed by atoms with Gasteiger partial charge in [-0.05, 0) is 43.9 Å². The molecule has 4 rings (SSSR count). The maximum atomic E-state index is 13.2. The summed E-state index contributed by atoms with van der Waals surface area (Å²) in [7, 11) is 0. The average Bonchev–Trinajstić information content (AvgIpc) is 3.06. The number of aromatic nitrogens is 2. The van der Waals surface area contributed by atoms with E-state index in [-0.39, 0.29) is 22.8 Å². The number of nitrogens with one attached hydrogen (secondary N) is 1. The third-order valence-corrected chi connectivity index (χ3v) is 7.41. The van der Waals surface area contributed by atoms with Crippen LogP contribution < -0.4 is 5.32 Å². The zero-order valence-electron chi connectivity index (χ0n) is 22.3. The topological polar surface area (TPSA) is 56.1 Å². The Balaban J connectivity index is 1.81. The van der Waals surface area contributed by atoms with Crippen LogP contribution in [-0.2, 0) is 22.1 Å². The van der Waals surface area contributed by atoms with Gasteiger partial charge in [0.15, 0.2) is 0 Å². The summed E-state index contributed by atoms with van der Waals surface area (Å²) in [5.74, 6) is 0.677. The van der Waals surface area contributed by atoms with E-state index in [1.54, 1.807) is 0 Å². The summed E-state index contributed by atoms with van der Waals surface area (Å²) in [5, 5.41) is 3.15. The van der Waals surface area contributed by atoms with E-state index in [1.165, 1.54) is 32.1 Å². The van der Waals surface area contributed by atoms with E-state index < -0.39 is 0 Å². The van der Waals surface area contributed by atoms with Gasteiger partial charge in [-0.25, -0.2) is 0 Å². The van der Waals surface area contributed by atoms with Gasteiger partial charge in [-0.15, -0.1) is 0 Å². The summed E-state index contributed by atoms with van der Waals surface area (Å²) < 4.78 is 7.68. The van der Waals surface area contributed by atoms with Crippen molar-refractivity contribution in [3.63, 3.8) is 0 Å². The van der Waals surface area contributed by atoms with Crippen molar-refractivity contribution in [1.29, 1.82) is 0 Å². The monoisotopic (exact) mass is 465 g/mol. The summed E-state index contributed by atoms with van der Waals surface area (Å²) in [6.45, 7) is 17.6. The second-order valence-corrected chi connectivity index (χ2v) is 12.5. The largest absolute Gasteiger partial charge is 0.377 e. The van der Waals surface area contributed by atoms with Crippen LogP contribution in [0.15, 0.2) is 18.2 Å². The van der Waals surface area contributed by atoms with Crippen molar-refractivity contribution in [2.24, 2.45) is 5.92 Å². The van der Waals surface area contributed by atoms with E-state index in [0.29, 0.717) is 19.1 Å². The van der Waals surface area contributed by atoms with Crippen LogP contribution in [0.25, 0.3) is 11.3 Å². The van der Waals surface area contributed by atoms with Crippen LogP contribution in [-0.4, -0.2) is 34.7 Å². The highest BCUT2D eigenvalue weighted by atomic mass is 16.5. The van der Waals surface area contributed by atoms with Crippen molar-refractivity contribution in [1.82, 2.24) is 14.9 Å². The van der Waals surface area contributed by atoms with Crippen LogP contribution in [0, 0.1) is 12.8 Å². The molecule has 2 aliphatic rings. The first-order valence-electron chi connectivity index (χ1n) is 13.1. The van der Waals surface area contributed by atoms with Crippen molar-refractivity contribution < 1.29 is 9.53 Å². The molecule has 1 saturated heterocycles. The third-order valence-electron chi connectivity index (χ3n) is 7.41. The second-order valence-electron chi connectivity index (χ2n) is 12.5. The molecule has 0 radical (unpaired) electrons. The maximum absolute atomic E-state index is 13.2. The minimum absolute atomic E-state index is 0.00981. The summed E-state index contributed by atoms with van der Waals surface area (Å²) in [4.78, 5) is 18.3. The molecule has 1 aliphatic heterocycles. The number of carbonyl (C=O) groups excluding carboxylic acids is 1. The zero-order valence-corrected chi connectivity index (χ0v) is 22.3. The number of pyridine rings is 1. The van der Waals surface area contributed by atoms with E-state index >= 15 is 0 Å². The molecule has 1 saturated carbocycles. The molecule has 0 bridgehead atoms. The molecule has 0 aromatic carbocycles. The molecular weight excluding hydrogens is 422 g/mol. The fraction of sp³-hybridized carbons (Fsp3) is 0.655. The highest BCUT2D eigenvalue weighted by molar-refractivity contribution is 5.97. The predicted octanol–water partition coefficient (Wildman–Crippen LogP) is 6.16. The Morgan fingerprint density at radius 2 is 1.59 bits per heavy atom. The van der Waals surface area contributed by atoms with Crippen LogP contribution in [0.3, 0.4) is 0 Å². The van der Waals surface area contributed by atoms with Crippen LogP contribution in [0.2, 0.25) is 0 Å². The fourth-order valence-electron chi connectivity index (χ4n) is 5.01. The molecule has 1 aliphatic carbocycles. The molecule has 5 nitrogen and oxygen atoms in total. The molecule has 2 fully saturated rings. The van der Waals surface area contributed by atoms with Crippen molar-refractivity contribution in [3.05, 3.63) is 40.8 Å². The van der Waals surface area contributed by atoms with Gasteiger partial charge >= 0.3 is 0 Å². The Morgan fingerprint density at radius 3 is 2.09 bits per heavy atom. The Kier molecular flexibility index (Phi) is 6.97. The number of ether oxygens (including phenoxy) is 1. The summed E-state index contributed by atoms with van der Waals surface area (Å²) in [6.07, 6.45) is 6.52. The lowest BCUT2D eigenvalue weighted by Crippen LogP contribution is -2.48. The van der Waals surface area contributed by atoms with E-state index in [4.69, 9.17) is 9.72 Å². The molecule has 3 heterocycles. The molecular formula is C29H43N3O2. The molecule has 0 unspecified atom stereocenters. The molecule has 2 aromatic heterocycles. The lowest BCUT2D eigenvalue weighted by Gasteiger charge is -2.27. The normalized spacial score (nSPS) is 18.1. The predicted molar refractivity (Wildman–Crippen MR) is 138 cm³/mol. The number of nitrogens with zero attached hydrogens (tertiary/aromatic N) is 2. The summed E-state index contributed by atoms with van der Waals surface area (Å²) in [5.41, 5.74) is 6.21. The Hall–Kier alpha value is -2.14. The summed E-state index contributed by atoms with van der Waals surface area (Å²) in [6, 6.07) is 6.71. The van der Waals surface area contributed by atoms with Gasteiger partial charge in [0.05, 0.1) is 24.8 Å². The van der Waals surface area contributed by atoms with Gasteiger partial charge in [0.2, 0.25) is 0 Å². The van der Waals surface area contributed by atoms with Gasteiger partial charge in [0, 0.05) is 45.7 Å². The molecule has 5 heteroatoms. The number of amides is 1. The molecule has 186 valence electrons. The Labute approximate surface area is 205 Å². The van der Waals surface area contributed by atoms with Crippen molar-refractivity contribution in [2.75, 3.05) is 13.2 Å². The zero-order chi connectivity index (χ0) is 24.7. The van der Waals surface area contributed by atoms with Crippen LogP contribution in [0.4, 0.5) is 0 Å². The molecule has 2 aromatic rings. The maximum Gasteiger partial charge on any atom is 0.253 e. The van der Waals surface area contributed by atoms with Gasteiger partial charge in [0.1, 0.15) is 0 Å². The van der Waals surface area contributed by atoms with Crippen molar-refractivity contribution in [3.8, 4) is 11.3 Å². The third kappa shape index (κ3) is 5.40. The Morgan fingerprint density at radius 1 is 1.00 bits per heavy atom. The molecule has 34 heavy (non-hydrogen) atoms. The molecule has 1 amide bonds. The average molecular weight is 466 g/mol. The van der Waals surface area contributed by atoms with Crippen molar-refractivity contribution >= 4 is 5.91 Å². The van der Waals surface area contributed by atoms with E-state index in [2.05, 4.69) is 76.5 Å². The van der Waals surface area contributed by atoms with E-state index in [0.717, 1.165) is 40.4 Å². The SMILES string of the molecule is Cc1c(C(=O)NC2COC2)cc(-c2cc(C(C)(C)C)nc(C(C)(C)C)c2)n1CC1CCCCC1. The van der Waals surface area contributed by atoms with Crippen molar-refractivity contribution in [2.45, 2.75) is 104 Å². The quantitative estimate of drug-likeness (QED) is 0.575. The Bertz CT molecular complexity index is 997. The minimum Gasteiger partial charge on any atom is -0.377 e. The lowest BCUT2D eigenvalue weighted by molar-refractivity contribution is -0.00347. The number of hydrogen-bond acceptors (Lipinski definition) is 3. The smallest absolute Gasteiger partial charge is 0.253 e. The highest BCUT2D eigenvalue weighted by Gasteiger charge is 2.28. The van der Waals surface area contributed by atoms with Gasteiger partial charge in [-0.3, -0.25) is 9.78 Å². The van der Waals surface area contributed by atoms with E-state index in [1.807, 2.05) is 0 Å². The number of carbonyl (C=O) groups is 1. The van der Waals surface area contributed by atoms with Gasteiger partial charge < -0.3 is 14.6 Å². The first-order chi connectivity index (χ1) is 15.9. The minimum atomic E-state index is -0.0593. The standard InChI is InChI=1S/C29H43N3O2/c1-19-23(27(33)30-22-17-34-18-22)15-24(32(19)16-20-11-9-8-10-12-20)21-13-25(28(2,3)4)31-26(14-21)29(5,6)7/h13-15,20,22H,8-12,16-18H2,1-7H3,(H,30,33). The number of rotatable bonds is 5. The highest BCUT2D eigenvalue weighted by Crippen LogP contribution is 2.35. The van der Waals surface area contributed by atoms with Crippen LogP contribution in [0.5, 0.6) is 0 Å². The van der Waals surface area contributed by atoms with Gasteiger partial charge in [-0.1, -0.05) is 60.8 Å². The lowest BCUT2D eigenvalue weighted by atomic mass is 9.86. The van der Waals surface area contributed by atoms with E-state index in [9.17, 15) is 4.79 Å². The first-order valence-corrected chi connectivity index (χ1v) is 13.1. The van der Waals surface area contributed by atoms with Crippen LogP contribution >= 0.6 is 0 Å².